The third kappa shape index (κ3) is 19.2. The van der Waals surface area contributed by atoms with E-state index in [1.807, 2.05) is 20.8 Å². The molecular formula is C56H87N15O13. The number of nitrogens with two attached hydrogens (primary N) is 3. The first-order valence-electron chi connectivity index (χ1n) is 29.0. The van der Waals surface area contributed by atoms with E-state index in [9.17, 15) is 63.3 Å². The van der Waals surface area contributed by atoms with Crippen molar-refractivity contribution >= 4 is 65.1 Å². The first kappa shape index (κ1) is 67.1. The van der Waals surface area contributed by atoms with Crippen LogP contribution in [0.4, 0.5) is 0 Å². The number of unbranched alkanes of at least 4 members (excludes halogenated alkanes) is 1. The number of aliphatic hydroxyl groups excluding tert-OH is 2. The number of carbonyl (C=O) groups is 10. The molecule has 3 saturated heterocycles. The molecule has 0 radical (unpaired) electrons. The molecule has 0 bridgehead atoms. The molecule has 3 aliphatic heterocycles. The Kier molecular flexibility index (Phi) is 25.8. The highest BCUT2D eigenvalue weighted by Crippen LogP contribution is 2.25. The molecule has 2 aromatic rings. The lowest BCUT2D eigenvalue weighted by Crippen LogP contribution is -2.61. The number of amides is 9. The Balaban J connectivity index is 1.31. The lowest BCUT2D eigenvalue weighted by Gasteiger charge is -2.33. The van der Waals surface area contributed by atoms with Crippen molar-refractivity contribution in [2.24, 2.45) is 34.0 Å². The molecule has 9 amide bonds. The molecular weight excluding hydrogens is 1090 g/mol. The number of imidazole rings is 1. The van der Waals surface area contributed by atoms with Crippen LogP contribution in [0, 0.1) is 11.8 Å². The number of H-pyrrole nitrogens is 1. The fraction of sp³-hybridized carbons (Fsp3) is 0.643. The molecule has 84 heavy (non-hydrogen) atoms. The summed E-state index contributed by atoms with van der Waals surface area (Å²) < 4.78 is 0. The molecule has 0 saturated carbocycles. The van der Waals surface area contributed by atoms with Crippen LogP contribution in [-0.4, -0.2) is 204 Å². The molecule has 11 atom stereocenters. The van der Waals surface area contributed by atoms with Crippen molar-refractivity contribution in [1.29, 1.82) is 0 Å². The molecule has 3 aliphatic rings. The van der Waals surface area contributed by atoms with Crippen molar-refractivity contribution in [3.63, 3.8) is 0 Å². The number of nitrogens with one attached hydrogen (secondary N) is 7. The number of hydrogen-bond acceptors (Lipinski definition) is 15. The normalized spacial score (nSPS) is 20.2. The maximum absolute atomic E-state index is 14.6. The number of aliphatic imine (C=N–C) groups is 1. The molecule has 5 rings (SSSR count). The van der Waals surface area contributed by atoms with Crippen molar-refractivity contribution in [2.45, 2.75) is 185 Å². The Bertz CT molecular complexity index is 2600. The maximum atomic E-state index is 14.6. The minimum atomic E-state index is -1.72. The first-order chi connectivity index (χ1) is 39.9. The number of carboxylic acid groups (broad SMARTS) is 1. The van der Waals surface area contributed by atoms with Crippen molar-refractivity contribution in [3.8, 4) is 0 Å². The quantitative estimate of drug-likeness (QED) is 0.0209. The number of carbonyl (C=O) groups excluding carboxylic acids is 9. The van der Waals surface area contributed by atoms with Crippen LogP contribution in [0.2, 0.25) is 0 Å². The molecule has 4 heterocycles. The van der Waals surface area contributed by atoms with Crippen molar-refractivity contribution < 1.29 is 63.3 Å². The van der Waals surface area contributed by atoms with E-state index in [1.165, 1.54) is 22.3 Å². The predicted octanol–water partition coefficient (Wildman–Crippen LogP) is -2.60. The van der Waals surface area contributed by atoms with Gasteiger partial charge in [0.15, 0.2) is 5.96 Å². The summed E-state index contributed by atoms with van der Waals surface area (Å²) in [6, 6.07) is -3.72. The van der Waals surface area contributed by atoms with Gasteiger partial charge in [0, 0.05) is 57.3 Å². The predicted molar refractivity (Wildman–Crippen MR) is 306 cm³/mol. The van der Waals surface area contributed by atoms with Crippen LogP contribution in [0.15, 0.2) is 47.8 Å². The van der Waals surface area contributed by atoms with E-state index >= 15 is 0 Å². The second-order valence-corrected chi connectivity index (χ2v) is 22.6. The largest absolute Gasteiger partial charge is 0.480 e. The van der Waals surface area contributed by atoms with Gasteiger partial charge in [0.05, 0.1) is 25.1 Å². The second-order valence-electron chi connectivity index (χ2n) is 22.6. The number of aromatic nitrogens is 2. The first-order valence-corrected chi connectivity index (χ1v) is 29.0. The number of hydrogen-bond donors (Lipinski definition) is 13. The van der Waals surface area contributed by atoms with E-state index in [0.29, 0.717) is 43.5 Å². The summed E-state index contributed by atoms with van der Waals surface area (Å²) in [6.07, 6.45) is 4.88. The van der Waals surface area contributed by atoms with E-state index in [2.05, 4.69) is 46.9 Å². The zero-order valence-electron chi connectivity index (χ0n) is 48.7. The van der Waals surface area contributed by atoms with Crippen LogP contribution < -0.4 is 49.1 Å². The van der Waals surface area contributed by atoms with E-state index in [1.54, 1.807) is 44.2 Å². The minimum Gasteiger partial charge on any atom is -0.480 e. The summed E-state index contributed by atoms with van der Waals surface area (Å²) in [5, 5.41) is 46.8. The molecule has 1 aromatic heterocycles. The van der Waals surface area contributed by atoms with Crippen molar-refractivity contribution in [3.05, 3.63) is 54.1 Å². The van der Waals surface area contributed by atoms with Gasteiger partial charge in [-0.05, 0) is 68.8 Å². The highest BCUT2D eigenvalue weighted by molar-refractivity contribution is 5.99. The maximum Gasteiger partial charge on any atom is 0.326 e. The summed E-state index contributed by atoms with van der Waals surface area (Å²) in [7, 11) is 0. The van der Waals surface area contributed by atoms with Gasteiger partial charge in [-0.2, -0.15) is 0 Å². The molecule has 0 unspecified atom stereocenters. The Morgan fingerprint density at radius 2 is 1.29 bits per heavy atom. The van der Waals surface area contributed by atoms with Crippen molar-refractivity contribution in [1.82, 2.24) is 56.6 Å². The Hall–Kier alpha value is -7.72. The zero-order valence-corrected chi connectivity index (χ0v) is 48.7. The molecule has 0 aliphatic carbocycles. The van der Waals surface area contributed by atoms with Crippen LogP contribution in [0.25, 0.3) is 0 Å². The number of benzene rings is 1. The van der Waals surface area contributed by atoms with Crippen LogP contribution >= 0.6 is 0 Å². The standard InChI is InChI=1S/C56H87N15O13/c1-6-7-16-36(57)52(80)69-21-12-18-42(69)50(78)65-38(23-31(2)3)47(75)64-39(25-34-27-60-30-62-34)48(76)67-41(29-72)49(77)63-37(17-11-20-61-56(58)59)46(74)68-45(32(4)5)54(82)70-22-13-19-43(70)51(79)66-40(24-33-14-9-8-10-15-33)53(81)71-28-35(73)26-44(71)55(83)84/h8-10,14-15,27,30-32,35-45,72-73H,6-7,11-13,16-26,28-29,57H2,1-5H3,(H,60,62)(H,63,77)(H,64,75)(H,65,78)(H,66,79)(H,67,76)(H,68,74)(H,83,84)(H4,58,59,61)/t35-,36+,37+,38+,39+,40+,41+,42+,43+,44+,45+/m1/s1. The number of likely N-dealkylation sites (tertiary alicyclic amines) is 3. The summed E-state index contributed by atoms with van der Waals surface area (Å²) in [4.78, 5) is 154. The molecule has 3 fully saturated rings. The van der Waals surface area contributed by atoms with Gasteiger partial charge in [0.1, 0.15) is 54.4 Å². The number of rotatable bonds is 31. The van der Waals surface area contributed by atoms with Crippen LogP contribution in [0.3, 0.4) is 0 Å². The van der Waals surface area contributed by atoms with E-state index in [4.69, 9.17) is 17.2 Å². The summed E-state index contributed by atoms with van der Waals surface area (Å²) >= 11 is 0. The van der Waals surface area contributed by atoms with Gasteiger partial charge < -0.3 is 84.1 Å². The van der Waals surface area contributed by atoms with Crippen LogP contribution in [0.5, 0.6) is 0 Å². The van der Waals surface area contributed by atoms with Gasteiger partial charge in [-0.1, -0.05) is 77.8 Å². The minimum absolute atomic E-state index is 0.0137. The Labute approximate surface area is 489 Å². The topological polar surface area (TPSA) is 432 Å². The number of aromatic amines is 1. The lowest BCUT2D eigenvalue weighted by atomic mass is 10.0. The summed E-state index contributed by atoms with van der Waals surface area (Å²) in [6.45, 7) is 8.15. The average Bonchev–Trinajstić information content (AvgIpc) is 3.67. The van der Waals surface area contributed by atoms with Gasteiger partial charge >= 0.3 is 5.97 Å². The fourth-order valence-electron chi connectivity index (χ4n) is 10.7. The fourth-order valence-corrected chi connectivity index (χ4v) is 10.7. The molecule has 28 nitrogen and oxygen atoms in total. The van der Waals surface area contributed by atoms with Gasteiger partial charge in [0.2, 0.25) is 53.2 Å². The molecule has 1 aromatic carbocycles. The van der Waals surface area contributed by atoms with E-state index in [-0.39, 0.29) is 82.4 Å². The molecule has 16 N–H and O–H groups in total. The third-order valence-corrected chi connectivity index (χ3v) is 15.2. The lowest BCUT2D eigenvalue weighted by molar-refractivity contribution is -0.150. The molecule has 28 heteroatoms. The van der Waals surface area contributed by atoms with Gasteiger partial charge in [0.25, 0.3) is 0 Å². The number of β-amino-alcohol motifs (C(OH)–C–C–N with tert-alkyl or cyclic N) is 1. The number of carboxylic acids is 1. The highest BCUT2D eigenvalue weighted by atomic mass is 16.4. The Morgan fingerprint density at radius 3 is 1.86 bits per heavy atom. The monoisotopic (exact) mass is 1180 g/mol. The van der Waals surface area contributed by atoms with Crippen LogP contribution in [-0.2, 0) is 60.8 Å². The van der Waals surface area contributed by atoms with Crippen LogP contribution in [0.1, 0.15) is 117 Å². The van der Waals surface area contributed by atoms with Gasteiger partial charge in [-0.3, -0.25) is 48.1 Å². The number of aliphatic carboxylic acids is 1. The average molecular weight is 1180 g/mol. The number of aliphatic hydroxyl groups is 2. The highest BCUT2D eigenvalue weighted by Gasteiger charge is 2.45. The summed E-state index contributed by atoms with van der Waals surface area (Å²) in [5.74, 6) is -8.85. The molecule has 0 spiro atoms. The van der Waals surface area contributed by atoms with E-state index < -0.39 is 132 Å². The SMILES string of the molecule is CCCC[C@H](N)C(=O)N1CCC[C@H]1C(=O)N[C@@H](CC(C)C)C(=O)N[C@@H](Cc1cnc[nH]1)C(=O)N[C@@H](CO)C(=O)N[C@@H](CCCN=C(N)N)C(=O)N[C@H](C(=O)N1CCC[C@H]1C(=O)N[C@@H](Cc1ccccc1)C(=O)N1C[C@H](O)C[C@H]1C(=O)O)C(C)C. The third-order valence-electron chi connectivity index (χ3n) is 15.2. The smallest absolute Gasteiger partial charge is 0.326 e. The zero-order chi connectivity index (χ0) is 61.8. The summed E-state index contributed by atoms with van der Waals surface area (Å²) in [5.41, 5.74) is 18.3. The van der Waals surface area contributed by atoms with E-state index in [0.717, 1.165) is 17.7 Å². The van der Waals surface area contributed by atoms with Gasteiger partial charge in [-0.25, -0.2) is 9.78 Å². The molecule has 464 valence electrons. The number of guanidine groups is 1. The van der Waals surface area contributed by atoms with Gasteiger partial charge in [-0.15, -0.1) is 0 Å². The van der Waals surface area contributed by atoms with Crippen molar-refractivity contribution in [2.75, 3.05) is 32.8 Å². The Morgan fingerprint density at radius 1 is 0.702 bits per heavy atom. The number of nitrogens with zero attached hydrogens (tertiary/aromatic N) is 5. The second kappa shape index (κ2) is 32.4.